The number of benzene rings is 1. The molecule has 0 aromatic heterocycles. The fourth-order valence-electron chi connectivity index (χ4n) is 5.70. The number of fused-ring (bicyclic) bond motifs is 1. The molecule has 1 aliphatic heterocycles. The van der Waals surface area contributed by atoms with Gasteiger partial charge >= 0.3 is 0 Å². The summed E-state index contributed by atoms with van der Waals surface area (Å²) < 4.78 is 5.52. The fraction of sp³-hybridized carbons (Fsp3) is 0.700. The zero-order chi connectivity index (χ0) is 16.6. The smallest absolute Gasteiger partial charge is 0.115 e. The maximum absolute atomic E-state index is 10.0. The zero-order valence-corrected chi connectivity index (χ0v) is 15.6. The number of aliphatic hydroxyl groups excluding tert-OH is 1. The highest BCUT2D eigenvalue weighted by molar-refractivity contribution is 5.85. The Balaban J connectivity index is 0.00000182. The molecule has 0 spiro atoms. The van der Waals surface area contributed by atoms with Crippen LogP contribution in [0, 0.1) is 5.92 Å². The van der Waals surface area contributed by atoms with Crippen LogP contribution in [-0.2, 0) is 16.6 Å². The molecular formula is C20H30ClNO3. The molecule has 4 nitrogen and oxygen atoms in total. The van der Waals surface area contributed by atoms with E-state index in [1.165, 1.54) is 43.2 Å². The standard InChI is InChI=1S/C20H29NO3.ClH/c22-10-12-24-11-9-21-8-7-20-6-2-1-3-17(20)19(21)13-15-4-5-16(23)14-18(15)20;/h4-5,14,17,19,22-23H,1-3,6-13H2;1H/t17-,19-,20+;/m0./s1. The lowest BCUT2D eigenvalue weighted by Crippen LogP contribution is -2.61. The lowest BCUT2D eigenvalue weighted by atomic mass is 9.52. The number of phenols is 1. The molecule has 140 valence electrons. The maximum Gasteiger partial charge on any atom is 0.115 e. The molecule has 1 saturated heterocycles. The van der Waals surface area contributed by atoms with Crippen molar-refractivity contribution >= 4 is 12.4 Å². The first-order valence-corrected chi connectivity index (χ1v) is 9.50. The third-order valence-electron chi connectivity index (χ3n) is 6.69. The van der Waals surface area contributed by atoms with Gasteiger partial charge in [-0.15, -0.1) is 12.4 Å². The van der Waals surface area contributed by atoms with Crippen molar-refractivity contribution in [2.75, 3.05) is 32.9 Å². The van der Waals surface area contributed by atoms with Crippen LogP contribution in [-0.4, -0.2) is 54.1 Å². The molecule has 1 heterocycles. The molecule has 3 atom stereocenters. The Morgan fingerprint density at radius 3 is 2.92 bits per heavy atom. The minimum Gasteiger partial charge on any atom is -0.508 e. The predicted molar refractivity (Wildman–Crippen MR) is 101 cm³/mol. The average molecular weight is 368 g/mol. The molecule has 0 radical (unpaired) electrons. The van der Waals surface area contributed by atoms with Crippen LogP contribution in [0.3, 0.4) is 0 Å². The third-order valence-corrected chi connectivity index (χ3v) is 6.69. The molecule has 0 amide bonds. The van der Waals surface area contributed by atoms with Crippen molar-refractivity contribution in [3.8, 4) is 5.75 Å². The number of hydrogen-bond donors (Lipinski definition) is 2. The summed E-state index contributed by atoms with van der Waals surface area (Å²) in [7, 11) is 0. The van der Waals surface area contributed by atoms with E-state index < -0.39 is 0 Å². The lowest BCUT2D eigenvalue weighted by molar-refractivity contribution is -0.0263. The van der Waals surface area contributed by atoms with Crippen LogP contribution in [0.1, 0.15) is 43.2 Å². The van der Waals surface area contributed by atoms with Crippen LogP contribution in [0.15, 0.2) is 18.2 Å². The molecule has 1 aromatic rings. The van der Waals surface area contributed by atoms with E-state index in [1.54, 1.807) is 0 Å². The van der Waals surface area contributed by atoms with Gasteiger partial charge in [0.05, 0.1) is 19.8 Å². The summed E-state index contributed by atoms with van der Waals surface area (Å²) >= 11 is 0. The van der Waals surface area contributed by atoms with Gasteiger partial charge in [0.15, 0.2) is 0 Å². The van der Waals surface area contributed by atoms with Crippen molar-refractivity contribution in [1.29, 1.82) is 0 Å². The van der Waals surface area contributed by atoms with Crippen LogP contribution in [0.5, 0.6) is 5.75 Å². The van der Waals surface area contributed by atoms with Gasteiger partial charge in [-0.1, -0.05) is 18.9 Å². The number of hydrogen-bond acceptors (Lipinski definition) is 4. The van der Waals surface area contributed by atoms with Gasteiger partial charge in [-0.2, -0.15) is 0 Å². The van der Waals surface area contributed by atoms with Crippen molar-refractivity contribution in [3.05, 3.63) is 29.3 Å². The quantitative estimate of drug-likeness (QED) is 0.786. The van der Waals surface area contributed by atoms with Gasteiger partial charge in [-0.3, -0.25) is 4.90 Å². The molecule has 2 N–H and O–H groups in total. The van der Waals surface area contributed by atoms with Crippen molar-refractivity contribution in [1.82, 2.24) is 4.90 Å². The number of nitrogens with zero attached hydrogens (tertiary/aromatic N) is 1. The van der Waals surface area contributed by atoms with Crippen LogP contribution >= 0.6 is 12.4 Å². The molecular weight excluding hydrogens is 338 g/mol. The Hall–Kier alpha value is -0.810. The molecule has 3 aliphatic rings. The SMILES string of the molecule is Cl.OCCOCCN1CC[C@]23CCCC[C@H]2[C@@H]1Cc1ccc(O)cc13. The normalized spacial score (nSPS) is 30.9. The summed E-state index contributed by atoms with van der Waals surface area (Å²) in [5.74, 6) is 1.14. The molecule has 1 saturated carbocycles. The van der Waals surface area contributed by atoms with E-state index in [0.29, 0.717) is 30.9 Å². The lowest BCUT2D eigenvalue weighted by Gasteiger charge is -2.59. The summed E-state index contributed by atoms with van der Waals surface area (Å²) in [6.07, 6.45) is 7.55. The molecule has 2 aliphatic carbocycles. The van der Waals surface area contributed by atoms with Crippen molar-refractivity contribution in [2.24, 2.45) is 5.92 Å². The van der Waals surface area contributed by atoms with Gasteiger partial charge in [-0.25, -0.2) is 0 Å². The summed E-state index contributed by atoms with van der Waals surface area (Å²) in [4.78, 5) is 2.63. The van der Waals surface area contributed by atoms with E-state index >= 15 is 0 Å². The van der Waals surface area contributed by atoms with E-state index in [-0.39, 0.29) is 24.4 Å². The minimum absolute atomic E-state index is 0. The van der Waals surface area contributed by atoms with Gasteiger partial charge in [0.2, 0.25) is 0 Å². The van der Waals surface area contributed by atoms with E-state index in [1.807, 2.05) is 6.07 Å². The van der Waals surface area contributed by atoms with E-state index in [4.69, 9.17) is 9.84 Å². The Morgan fingerprint density at radius 1 is 1.20 bits per heavy atom. The topological polar surface area (TPSA) is 52.9 Å². The Kier molecular flexibility index (Phi) is 5.94. The molecule has 4 rings (SSSR count). The Morgan fingerprint density at radius 2 is 2.08 bits per heavy atom. The Labute approximate surface area is 156 Å². The van der Waals surface area contributed by atoms with Crippen molar-refractivity contribution in [2.45, 2.75) is 50.0 Å². The number of ether oxygens (including phenoxy) is 1. The molecule has 2 fully saturated rings. The fourth-order valence-corrected chi connectivity index (χ4v) is 5.70. The number of aromatic hydroxyl groups is 1. The van der Waals surface area contributed by atoms with Crippen LogP contribution in [0.2, 0.25) is 0 Å². The molecule has 25 heavy (non-hydrogen) atoms. The van der Waals surface area contributed by atoms with Gasteiger partial charge in [0.25, 0.3) is 0 Å². The summed E-state index contributed by atoms with van der Waals surface area (Å²) in [5.41, 5.74) is 3.18. The molecule has 1 aromatic carbocycles. The highest BCUT2D eigenvalue weighted by Gasteiger charge is 2.53. The zero-order valence-electron chi connectivity index (χ0n) is 14.8. The van der Waals surface area contributed by atoms with E-state index in [2.05, 4.69) is 17.0 Å². The first-order chi connectivity index (χ1) is 11.7. The van der Waals surface area contributed by atoms with Crippen molar-refractivity contribution in [3.63, 3.8) is 0 Å². The largest absolute Gasteiger partial charge is 0.508 e. The number of likely N-dealkylation sites (tertiary alicyclic amines) is 1. The molecule has 2 bridgehead atoms. The number of phenolic OH excluding ortho intramolecular Hbond substituents is 1. The minimum atomic E-state index is 0. The second kappa shape index (κ2) is 7.83. The number of halogens is 1. The van der Waals surface area contributed by atoms with Gasteiger partial charge in [0, 0.05) is 18.0 Å². The predicted octanol–water partition coefficient (Wildman–Crippen LogP) is 2.88. The molecule has 5 heteroatoms. The monoisotopic (exact) mass is 367 g/mol. The van der Waals surface area contributed by atoms with Crippen LogP contribution in [0.25, 0.3) is 0 Å². The summed E-state index contributed by atoms with van der Waals surface area (Å²) in [6.45, 7) is 3.34. The second-order valence-electron chi connectivity index (χ2n) is 7.74. The first kappa shape index (κ1) is 19.0. The van der Waals surface area contributed by atoms with Crippen LogP contribution in [0.4, 0.5) is 0 Å². The third kappa shape index (κ3) is 3.30. The highest BCUT2D eigenvalue weighted by atomic mass is 35.5. The molecule has 0 unspecified atom stereocenters. The summed E-state index contributed by atoms with van der Waals surface area (Å²) in [5, 5.41) is 18.9. The highest BCUT2D eigenvalue weighted by Crippen LogP contribution is 2.56. The first-order valence-electron chi connectivity index (χ1n) is 9.50. The second-order valence-corrected chi connectivity index (χ2v) is 7.74. The van der Waals surface area contributed by atoms with Crippen molar-refractivity contribution < 1.29 is 14.9 Å². The van der Waals surface area contributed by atoms with Gasteiger partial charge in [0.1, 0.15) is 5.75 Å². The maximum atomic E-state index is 10.0. The van der Waals surface area contributed by atoms with Crippen LogP contribution < -0.4 is 0 Å². The average Bonchev–Trinajstić information content (AvgIpc) is 2.61. The number of rotatable bonds is 5. The van der Waals surface area contributed by atoms with E-state index in [0.717, 1.165) is 19.5 Å². The number of piperidine rings is 1. The van der Waals surface area contributed by atoms with E-state index in [9.17, 15) is 5.11 Å². The van der Waals surface area contributed by atoms with Gasteiger partial charge < -0.3 is 14.9 Å². The van der Waals surface area contributed by atoms with Gasteiger partial charge in [-0.05, 0) is 61.4 Å². The number of aliphatic hydroxyl groups is 1. The Bertz CT molecular complexity index is 596. The summed E-state index contributed by atoms with van der Waals surface area (Å²) in [6, 6.07) is 6.66.